The lowest BCUT2D eigenvalue weighted by Gasteiger charge is -2.26. The Morgan fingerprint density at radius 1 is 1.47 bits per heavy atom. The molecular formula is C12H14N2O3. The third kappa shape index (κ3) is 2.38. The minimum Gasteiger partial charge on any atom is -0.481 e. The summed E-state index contributed by atoms with van der Waals surface area (Å²) in [6.07, 6.45) is 0.499. The molecule has 0 radical (unpaired) electrons. The first-order valence-corrected chi connectivity index (χ1v) is 5.42. The average molecular weight is 234 g/mol. The lowest BCUT2D eigenvalue weighted by Crippen LogP contribution is -2.35. The molecular weight excluding hydrogens is 220 g/mol. The van der Waals surface area contributed by atoms with E-state index in [9.17, 15) is 9.59 Å². The molecule has 1 amide bonds. The van der Waals surface area contributed by atoms with Crippen LogP contribution < -0.4 is 5.01 Å². The van der Waals surface area contributed by atoms with Crippen LogP contribution in [0.1, 0.15) is 12.0 Å². The van der Waals surface area contributed by atoms with Gasteiger partial charge in [0.15, 0.2) is 0 Å². The Kier molecular flexibility index (Phi) is 2.99. The summed E-state index contributed by atoms with van der Waals surface area (Å²) >= 11 is 0. The highest BCUT2D eigenvalue weighted by Crippen LogP contribution is 2.22. The number of benzene rings is 1. The Morgan fingerprint density at radius 3 is 2.82 bits per heavy atom. The predicted molar refractivity (Wildman–Crippen MR) is 62.5 cm³/mol. The number of nitrogens with zero attached hydrogens (tertiary/aromatic N) is 2. The van der Waals surface area contributed by atoms with Gasteiger partial charge in [-0.2, -0.15) is 0 Å². The first-order valence-electron chi connectivity index (χ1n) is 5.42. The fourth-order valence-electron chi connectivity index (χ4n) is 1.95. The number of carbonyl (C=O) groups is 2. The summed E-state index contributed by atoms with van der Waals surface area (Å²) in [5, 5.41) is 12.2. The van der Waals surface area contributed by atoms with Gasteiger partial charge < -0.3 is 5.11 Å². The maximum absolute atomic E-state index is 11.4. The smallest absolute Gasteiger partial charge is 0.307 e. The van der Waals surface area contributed by atoms with Gasteiger partial charge in [-0.25, -0.2) is 0 Å². The first-order chi connectivity index (χ1) is 8.08. The Hall–Kier alpha value is -2.04. The van der Waals surface area contributed by atoms with E-state index in [0.29, 0.717) is 13.0 Å². The molecule has 1 aliphatic heterocycles. The number of hydrogen-bond acceptors (Lipinski definition) is 3. The molecule has 5 nitrogen and oxygen atoms in total. The third-order valence-corrected chi connectivity index (χ3v) is 2.82. The lowest BCUT2D eigenvalue weighted by atomic mass is 10.1. The molecule has 0 aliphatic carbocycles. The van der Waals surface area contributed by atoms with Crippen LogP contribution in [0.5, 0.6) is 0 Å². The van der Waals surface area contributed by atoms with Crippen molar-refractivity contribution in [3.05, 3.63) is 29.8 Å². The second-order valence-corrected chi connectivity index (χ2v) is 4.03. The highest BCUT2D eigenvalue weighted by molar-refractivity contribution is 5.81. The Labute approximate surface area is 99.2 Å². The number of carboxylic acids is 1. The molecule has 1 saturated heterocycles. The Bertz CT molecular complexity index is 459. The molecule has 0 saturated carbocycles. The quantitative estimate of drug-likeness (QED) is 0.844. The van der Waals surface area contributed by atoms with E-state index in [0.717, 1.165) is 11.3 Å². The van der Waals surface area contributed by atoms with E-state index < -0.39 is 5.97 Å². The number of carbonyl (C=O) groups excluding carboxylic acids is 1. The average Bonchev–Trinajstić information content (AvgIpc) is 2.59. The number of carboxylic acid groups (broad SMARTS) is 1. The normalized spacial score (nSPS) is 15.5. The van der Waals surface area contributed by atoms with Crippen molar-refractivity contribution < 1.29 is 14.7 Å². The van der Waals surface area contributed by atoms with Crippen molar-refractivity contribution in [1.82, 2.24) is 5.01 Å². The van der Waals surface area contributed by atoms with Crippen LogP contribution in [0.4, 0.5) is 5.69 Å². The molecule has 1 aromatic carbocycles. The molecule has 17 heavy (non-hydrogen) atoms. The molecule has 90 valence electrons. The van der Waals surface area contributed by atoms with Gasteiger partial charge >= 0.3 is 5.97 Å². The first kappa shape index (κ1) is 11.4. The standard InChI is InChI=1S/C12H14N2O3/c1-13-11(15)5-6-14(13)10-4-2-3-9(7-10)8-12(16)17/h2-4,7H,5-6,8H2,1H3,(H,16,17). The zero-order valence-electron chi connectivity index (χ0n) is 9.59. The summed E-state index contributed by atoms with van der Waals surface area (Å²) in [4.78, 5) is 22.1. The van der Waals surface area contributed by atoms with Gasteiger partial charge in [0.2, 0.25) is 5.91 Å². The van der Waals surface area contributed by atoms with E-state index in [-0.39, 0.29) is 12.3 Å². The molecule has 0 spiro atoms. The zero-order chi connectivity index (χ0) is 12.4. The molecule has 1 aliphatic rings. The van der Waals surface area contributed by atoms with E-state index in [2.05, 4.69) is 0 Å². The summed E-state index contributed by atoms with van der Waals surface area (Å²) in [5.41, 5.74) is 1.60. The van der Waals surface area contributed by atoms with Gasteiger partial charge in [-0.05, 0) is 17.7 Å². The monoisotopic (exact) mass is 234 g/mol. The Balaban J connectivity index is 2.21. The second kappa shape index (κ2) is 4.45. The maximum Gasteiger partial charge on any atom is 0.307 e. The van der Waals surface area contributed by atoms with Crippen molar-refractivity contribution >= 4 is 17.6 Å². The van der Waals surface area contributed by atoms with E-state index in [1.54, 1.807) is 18.1 Å². The summed E-state index contributed by atoms with van der Waals surface area (Å²) in [6.45, 7) is 0.645. The number of rotatable bonds is 3. The summed E-state index contributed by atoms with van der Waals surface area (Å²) in [5.74, 6) is -0.776. The highest BCUT2D eigenvalue weighted by Gasteiger charge is 2.25. The fraction of sp³-hybridized carbons (Fsp3) is 0.333. The molecule has 1 N–H and O–H groups in total. The van der Waals surface area contributed by atoms with Gasteiger partial charge in [0, 0.05) is 20.0 Å². The molecule has 1 aromatic rings. The predicted octanol–water partition coefficient (Wildman–Crippen LogP) is 0.897. The molecule has 0 aromatic heterocycles. The second-order valence-electron chi connectivity index (χ2n) is 4.03. The van der Waals surface area contributed by atoms with Crippen LogP contribution in [0.2, 0.25) is 0 Å². The van der Waals surface area contributed by atoms with Gasteiger partial charge in [0.05, 0.1) is 12.1 Å². The van der Waals surface area contributed by atoms with Crippen LogP contribution in [0.25, 0.3) is 0 Å². The lowest BCUT2D eigenvalue weighted by molar-refractivity contribution is -0.136. The number of hydrazine groups is 1. The van der Waals surface area contributed by atoms with Crippen LogP contribution in [0.3, 0.4) is 0 Å². The van der Waals surface area contributed by atoms with Gasteiger partial charge in [-0.1, -0.05) is 12.1 Å². The van der Waals surface area contributed by atoms with Crippen molar-refractivity contribution in [1.29, 1.82) is 0 Å². The molecule has 5 heteroatoms. The number of aliphatic carboxylic acids is 1. The maximum atomic E-state index is 11.4. The van der Waals surface area contributed by atoms with E-state index in [4.69, 9.17) is 5.11 Å². The molecule has 1 fully saturated rings. The Morgan fingerprint density at radius 2 is 2.24 bits per heavy atom. The van der Waals surface area contributed by atoms with Crippen molar-refractivity contribution in [2.75, 3.05) is 18.6 Å². The van der Waals surface area contributed by atoms with E-state index in [1.165, 1.54) is 0 Å². The molecule has 1 heterocycles. The van der Waals surface area contributed by atoms with Gasteiger partial charge in [-0.3, -0.25) is 19.6 Å². The number of amides is 1. The van der Waals surface area contributed by atoms with Gasteiger partial charge in [0.1, 0.15) is 0 Å². The van der Waals surface area contributed by atoms with Crippen LogP contribution in [-0.2, 0) is 16.0 Å². The minimum absolute atomic E-state index is 0.000654. The third-order valence-electron chi connectivity index (χ3n) is 2.82. The van der Waals surface area contributed by atoms with Gasteiger partial charge in [0.25, 0.3) is 0 Å². The van der Waals surface area contributed by atoms with Crippen molar-refractivity contribution in [3.63, 3.8) is 0 Å². The largest absolute Gasteiger partial charge is 0.481 e. The number of anilines is 1. The summed E-state index contributed by atoms with van der Waals surface area (Å²) in [6, 6.07) is 7.27. The van der Waals surface area contributed by atoms with Crippen molar-refractivity contribution in [3.8, 4) is 0 Å². The van der Waals surface area contributed by atoms with E-state index >= 15 is 0 Å². The molecule has 0 atom stereocenters. The van der Waals surface area contributed by atoms with Crippen molar-refractivity contribution in [2.24, 2.45) is 0 Å². The molecule has 2 rings (SSSR count). The molecule has 0 unspecified atom stereocenters. The molecule has 0 bridgehead atoms. The summed E-state index contributed by atoms with van der Waals surface area (Å²) in [7, 11) is 1.72. The van der Waals surface area contributed by atoms with Crippen molar-refractivity contribution in [2.45, 2.75) is 12.8 Å². The SMILES string of the molecule is CN1C(=O)CCN1c1cccc(CC(=O)O)c1. The zero-order valence-corrected chi connectivity index (χ0v) is 9.59. The summed E-state index contributed by atoms with van der Waals surface area (Å²) < 4.78 is 0. The fourth-order valence-corrected chi connectivity index (χ4v) is 1.95. The van der Waals surface area contributed by atoms with Gasteiger partial charge in [-0.15, -0.1) is 0 Å². The highest BCUT2D eigenvalue weighted by atomic mass is 16.4. The van der Waals surface area contributed by atoms with Crippen LogP contribution in [-0.4, -0.2) is 35.6 Å². The topological polar surface area (TPSA) is 60.9 Å². The minimum atomic E-state index is -0.854. The van der Waals surface area contributed by atoms with Crippen LogP contribution in [0, 0.1) is 0 Å². The van der Waals surface area contributed by atoms with Crippen LogP contribution in [0.15, 0.2) is 24.3 Å². The number of hydrogen-bond donors (Lipinski definition) is 1. The van der Waals surface area contributed by atoms with E-state index in [1.807, 2.05) is 23.2 Å². The van der Waals surface area contributed by atoms with Crippen LogP contribution >= 0.6 is 0 Å².